The molecule has 0 aromatic heterocycles. The zero-order chi connectivity index (χ0) is 18.7. The van der Waals surface area contributed by atoms with Gasteiger partial charge in [0.25, 0.3) is 0 Å². The van der Waals surface area contributed by atoms with Gasteiger partial charge in [-0.1, -0.05) is 42.5 Å². The van der Waals surface area contributed by atoms with Crippen molar-refractivity contribution in [2.45, 2.75) is 24.8 Å². The first kappa shape index (κ1) is 18.0. The van der Waals surface area contributed by atoms with Crippen molar-refractivity contribution in [2.75, 3.05) is 0 Å². The van der Waals surface area contributed by atoms with Crippen LogP contribution in [0.4, 0.5) is 0 Å². The van der Waals surface area contributed by atoms with E-state index in [9.17, 15) is 19.7 Å². The van der Waals surface area contributed by atoms with E-state index in [0.717, 1.165) is 5.56 Å². The van der Waals surface area contributed by atoms with Crippen LogP contribution in [-0.4, -0.2) is 41.1 Å². The minimum absolute atomic E-state index is 0.0212. The van der Waals surface area contributed by atoms with Crippen molar-refractivity contribution in [3.63, 3.8) is 0 Å². The Balaban J connectivity index is 1.68. The predicted octanol–water partition coefficient (Wildman–Crippen LogP) is 0.394. The maximum absolute atomic E-state index is 12.4. The first-order valence-electron chi connectivity index (χ1n) is 8.25. The Labute approximate surface area is 150 Å². The number of amides is 1. The Morgan fingerprint density at radius 2 is 1.96 bits per heavy atom. The first-order valence-corrected chi connectivity index (χ1v) is 8.25. The van der Waals surface area contributed by atoms with Gasteiger partial charge in [0.1, 0.15) is 5.75 Å². The fourth-order valence-electron chi connectivity index (χ4n) is 2.97. The van der Waals surface area contributed by atoms with Crippen LogP contribution < -0.4 is 15.7 Å². The van der Waals surface area contributed by atoms with Gasteiger partial charge in [-0.15, -0.1) is 0 Å². The van der Waals surface area contributed by atoms with Crippen LogP contribution in [0.5, 0.6) is 5.75 Å². The van der Waals surface area contributed by atoms with Crippen LogP contribution in [0, 0.1) is 0 Å². The fourth-order valence-corrected chi connectivity index (χ4v) is 2.97. The van der Waals surface area contributed by atoms with E-state index in [1.165, 1.54) is 6.07 Å². The Bertz CT molecular complexity index is 814. The normalized spacial score (nSPS) is 17.0. The molecule has 1 unspecified atom stereocenters. The summed E-state index contributed by atoms with van der Waals surface area (Å²) in [4.78, 5) is 23.6. The molecule has 0 fully saturated rings. The highest BCUT2D eigenvalue weighted by Crippen LogP contribution is 2.30. The topological polar surface area (TPSA) is 122 Å². The SMILES string of the molecule is NC(Cc1ccccc1)C(=O)N[C@H]1Cc2cccc(C(=O)O)c2OB1O. The fraction of sp³-hybridized carbons (Fsp3) is 0.222. The second-order valence-corrected chi connectivity index (χ2v) is 6.22. The third-order valence-electron chi connectivity index (χ3n) is 4.31. The Morgan fingerprint density at radius 3 is 2.65 bits per heavy atom. The molecule has 2 atom stereocenters. The zero-order valence-electron chi connectivity index (χ0n) is 14.0. The summed E-state index contributed by atoms with van der Waals surface area (Å²) in [6.45, 7) is 0. The lowest BCUT2D eigenvalue weighted by molar-refractivity contribution is -0.122. The minimum Gasteiger partial charge on any atom is -0.534 e. The molecule has 0 aliphatic carbocycles. The molecule has 0 spiro atoms. The number of carboxylic acids is 1. The molecular formula is C18H19BN2O5. The van der Waals surface area contributed by atoms with Gasteiger partial charge in [0.15, 0.2) is 0 Å². The van der Waals surface area contributed by atoms with E-state index in [4.69, 9.17) is 10.4 Å². The smallest absolute Gasteiger partial charge is 0.534 e. The molecule has 7 nitrogen and oxygen atoms in total. The number of carbonyl (C=O) groups excluding carboxylic acids is 1. The summed E-state index contributed by atoms with van der Waals surface area (Å²) in [5.41, 5.74) is 7.48. The second kappa shape index (κ2) is 7.59. The highest BCUT2D eigenvalue weighted by Gasteiger charge is 2.38. The van der Waals surface area contributed by atoms with E-state index in [1.807, 2.05) is 30.3 Å². The Morgan fingerprint density at radius 1 is 1.23 bits per heavy atom. The van der Waals surface area contributed by atoms with Gasteiger partial charge in [-0.2, -0.15) is 0 Å². The minimum atomic E-state index is -1.35. The van der Waals surface area contributed by atoms with E-state index in [0.29, 0.717) is 12.0 Å². The van der Waals surface area contributed by atoms with Gasteiger partial charge in [-0.05, 0) is 30.0 Å². The monoisotopic (exact) mass is 354 g/mol. The van der Waals surface area contributed by atoms with E-state index >= 15 is 0 Å². The summed E-state index contributed by atoms with van der Waals surface area (Å²) < 4.78 is 5.35. The average molecular weight is 354 g/mol. The maximum atomic E-state index is 12.4. The largest absolute Gasteiger partial charge is 0.547 e. The summed E-state index contributed by atoms with van der Waals surface area (Å²) in [5.74, 6) is -2.12. The highest BCUT2D eigenvalue weighted by atomic mass is 16.5. The molecule has 8 heteroatoms. The third-order valence-corrected chi connectivity index (χ3v) is 4.31. The number of fused-ring (bicyclic) bond motifs is 1. The van der Waals surface area contributed by atoms with Crippen molar-refractivity contribution in [1.29, 1.82) is 0 Å². The number of benzene rings is 2. The van der Waals surface area contributed by atoms with Crippen molar-refractivity contribution >= 4 is 19.0 Å². The van der Waals surface area contributed by atoms with Gasteiger partial charge >= 0.3 is 13.1 Å². The summed E-state index contributed by atoms with van der Waals surface area (Å²) >= 11 is 0. The van der Waals surface area contributed by atoms with Gasteiger partial charge in [0.05, 0.1) is 17.5 Å². The molecule has 1 amide bonds. The van der Waals surface area contributed by atoms with Crippen molar-refractivity contribution in [1.82, 2.24) is 5.32 Å². The Hall–Kier alpha value is -2.84. The molecule has 1 aliphatic heterocycles. The van der Waals surface area contributed by atoms with E-state index in [2.05, 4.69) is 5.32 Å². The number of hydrogen-bond donors (Lipinski definition) is 4. The van der Waals surface area contributed by atoms with Crippen LogP contribution in [0.1, 0.15) is 21.5 Å². The lowest BCUT2D eigenvalue weighted by Gasteiger charge is -2.29. The van der Waals surface area contributed by atoms with Crippen molar-refractivity contribution < 1.29 is 24.4 Å². The van der Waals surface area contributed by atoms with Crippen molar-refractivity contribution in [3.8, 4) is 5.75 Å². The molecule has 0 saturated heterocycles. The molecule has 5 N–H and O–H groups in total. The lowest BCUT2D eigenvalue weighted by atomic mass is 9.72. The Kier molecular flexibility index (Phi) is 5.25. The summed E-state index contributed by atoms with van der Waals surface area (Å²) in [6.07, 6.45) is 0.623. The van der Waals surface area contributed by atoms with Crippen molar-refractivity contribution in [2.24, 2.45) is 5.73 Å². The van der Waals surface area contributed by atoms with Crippen LogP contribution in [0.15, 0.2) is 48.5 Å². The van der Waals surface area contributed by atoms with Gasteiger partial charge < -0.3 is 25.8 Å². The number of rotatable bonds is 5. The van der Waals surface area contributed by atoms with Crippen LogP contribution in [0.25, 0.3) is 0 Å². The lowest BCUT2D eigenvalue weighted by Crippen LogP contribution is -2.56. The molecule has 1 aliphatic rings. The van der Waals surface area contributed by atoms with Crippen LogP contribution >= 0.6 is 0 Å². The number of nitrogens with two attached hydrogens (primary N) is 1. The molecule has 1 heterocycles. The molecule has 26 heavy (non-hydrogen) atoms. The molecule has 134 valence electrons. The summed E-state index contributed by atoms with van der Waals surface area (Å²) in [5, 5.41) is 22.1. The molecular weight excluding hydrogens is 335 g/mol. The third kappa shape index (κ3) is 3.87. The molecule has 0 radical (unpaired) electrons. The molecule has 0 bridgehead atoms. The molecule has 2 aromatic rings. The molecule has 0 saturated carbocycles. The van der Waals surface area contributed by atoms with E-state index in [-0.39, 0.29) is 17.7 Å². The standard InChI is InChI=1S/C18H19BN2O5/c20-14(9-11-5-2-1-3-6-11)17(22)21-15-10-12-7-4-8-13(18(23)24)16(12)26-19(15)25/h1-8,14-15,25H,9-10,20H2,(H,21,22)(H,23,24)/t14?,15-/m0/s1. The van der Waals surface area contributed by atoms with Crippen LogP contribution in [-0.2, 0) is 17.6 Å². The zero-order valence-corrected chi connectivity index (χ0v) is 14.0. The predicted molar refractivity (Wildman–Crippen MR) is 95.8 cm³/mol. The van der Waals surface area contributed by atoms with Gasteiger partial charge in [0.2, 0.25) is 5.91 Å². The van der Waals surface area contributed by atoms with Gasteiger partial charge in [-0.25, -0.2) is 4.79 Å². The number of carboxylic acid groups (broad SMARTS) is 1. The number of para-hydroxylation sites is 1. The number of hydrogen-bond acceptors (Lipinski definition) is 5. The van der Waals surface area contributed by atoms with Gasteiger partial charge in [-0.3, -0.25) is 4.79 Å². The van der Waals surface area contributed by atoms with Crippen molar-refractivity contribution in [3.05, 3.63) is 65.2 Å². The number of nitrogens with one attached hydrogen (secondary N) is 1. The highest BCUT2D eigenvalue weighted by molar-refractivity contribution is 6.47. The molecule has 2 aromatic carbocycles. The van der Waals surface area contributed by atoms with Gasteiger partial charge in [0, 0.05) is 0 Å². The quantitative estimate of drug-likeness (QED) is 0.577. The first-order chi connectivity index (χ1) is 12.5. The average Bonchev–Trinajstić information content (AvgIpc) is 2.62. The number of aromatic carboxylic acids is 1. The summed E-state index contributed by atoms with van der Waals surface area (Å²) in [7, 11) is -1.35. The molecule has 3 rings (SSSR count). The maximum Gasteiger partial charge on any atom is 0.547 e. The van der Waals surface area contributed by atoms with E-state index in [1.54, 1.807) is 12.1 Å². The van der Waals surface area contributed by atoms with Crippen LogP contribution in [0.2, 0.25) is 0 Å². The number of carbonyl (C=O) groups is 2. The second-order valence-electron chi connectivity index (χ2n) is 6.22. The summed E-state index contributed by atoms with van der Waals surface area (Å²) in [6, 6.07) is 13.3. The van der Waals surface area contributed by atoms with Crippen LogP contribution in [0.3, 0.4) is 0 Å². The van der Waals surface area contributed by atoms with E-state index < -0.39 is 31.0 Å².